The van der Waals surface area contributed by atoms with E-state index in [0.717, 1.165) is 0 Å². The lowest BCUT2D eigenvalue weighted by Crippen LogP contribution is -2.58. The first-order valence-electron chi connectivity index (χ1n) is 11.5. The van der Waals surface area contributed by atoms with E-state index < -0.39 is 59.9 Å². The van der Waals surface area contributed by atoms with Crippen LogP contribution in [0.3, 0.4) is 0 Å². The van der Waals surface area contributed by atoms with Crippen molar-refractivity contribution >= 4 is 29.6 Å². The first-order chi connectivity index (χ1) is 17.0. The summed E-state index contributed by atoms with van der Waals surface area (Å²) in [5, 5.41) is 26.2. The second-order valence-corrected chi connectivity index (χ2v) is 8.36. The molecule has 0 fully saturated rings. The van der Waals surface area contributed by atoms with Crippen LogP contribution < -0.4 is 33.2 Å². The fraction of sp³-hybridized carbons (Fsp3) is 0.619. The molecule has 5 unspecified atom stereocenters. The van der Waals surface area contributed by atoms with Crippen molar-refractivity contribution in [2.45, 2.75) is 75.7 Å². The molecule has 1 rings (SSSR count). The van der Waals surface area contributed by atoms with Crippen LogP contribution in [0.2, 0.25) is 0 Å². The Kier molecular flexibility index (Phi) is 13.1. The summed E-state index contributed by atoms with van der Waals surface area (Å²) in [6, 6.07) is -5.06. The quantitative estimate of drug-likeness (QED) is 0.0933. The first-order valence-corrected chi connectivity index (χ1v) is 11.5. The van der Waals surface area contributed by atoms with Crippen molar-refractivity contribution in [2.24, 2.45) is 17.2 Å². The summed E-state index contributed by atoms with van der Waals surface area (Å²) in [6.07, 6.45) is 2.41. The Labute approximate surface area is 207 Å². The molecule has 15 heteroatoms. The number of H-pyrrole nitrogens is 1. The molecule has 0 bridgehead atoms. The van der Waals surface area contributed by atoms with Gasteiger partial charge in [-0.2, -0.15) is 0 Å². The molecule has 1 aromatic heterocycles. The number of aliphatic hydroxyl groups is 1. The number of carbonyl (C=O) groups is 5. The summed E-state index contributed by atoms with van der Waals surface area (Å²) in [5.41, 5.74) is 16.9. The maximum atomic E-state index is 13.1. The van der Waals surface area contributed by atoms with Crippen LogP contribution in [0.1, 0.15) is 44.7 Å². The highest BCUT2D eigenvalue weighted by Crippen LogP contribution is 2.06. The van der Waals surface area contributed by atoms with E-state index >= 15 is 0 Å². The second-order valence-electron chi connectivity index (χ2n) is 8.36. The number of aromatic amines is 1. The Morgan fingerprint density at radius 3 is 2.19 bits per heavy atom. The molecule has 0 saturated heterocycles. The lowest BCUT2D eigenvalue weighted by atomic mass is 10.0. The SMILES string of the molecule is CC(O)C(NC(=O)C(Cc1cnc[nH]1)NC(=O)C(CCCCN)NC(=O)C(N)CCC(N)=O)C(=O)O. The number of nitrogens with two attached hydrogens (primary N) is 3. The molecule has 5 atom stereocenters. The third-order valence-electron chi connectivity index (χ3n) is 5.28. The number of carboxylic acids is 1. The van der Waals surface area contributed by atoms with Crippen molar-refractivity contribution in [3.8, 4) is 0 Å². The lowest BCUT2D eigenvalue weighted by molar-refractivity contribution is -0.145. The van der Waals surface area contributed by atoms with Crippen molar-refractivity contribution in [1.82, 2.24) is 25.9 Å². The van der Waals surface area contributed by atoms with E-state index in [1.54, 1.807) is 0 Å². The van der Waals surface area contributed by atoms with E-state index in [9.17, 15) is 34.2 Å². The van der Waals surface area contributed by atoms with Crippen molar-refractivity contribution < 1.29 is 34.2 Å². The summed E-state index contributed by atoms with van der Waals surface area (Å²) in [4.78, 5) is 67.5. The molecule has 202 valence electrons. The molecule has 0 aliphatic rings. The van der Waals surface area contributed by atoms with Crippen LogP contribution in [-0.2, 0) is 30.4 Å². The predicted molar refractivity (Wildman–Crippen MR) is 127 cm³/mol. The van der Waals surface area contributed by atoms with Crippen molar-refractivity contribution in [1.29, 1.82) is 0 Å². The minimum atomic E-state index is -1.61. The molecule has 0 aromatic carbocycles. The van der Waals surface area contributed by atoms with Gasteiger partial charge in [-0.05, 0) is 39.2 Å². The summed E-state index contributed by atoms with van der Waals surface area (Å²) in [6.45, 7) is 1.56. The van der Waals surface area contributed by atoms with Gasteiger partial charge < -0.3 is 48.3 Å². The zero-order valence-corrected chi connectivity index (χ0v) is 20.1. The van der Waals surface area contributed by atoms with Crippen molar-refractivity contribution in [2.75, 3.05) is 6.54 Å². The highest BCUT2D eigenvalue weighted by molar-refractivity contribution is 5.94. The average molecular weight is 513 g/mol. The minimum absolute atomic E-state index is 0.0148. The van der Waals surface area contributed by atoms with Crippen LogP contribution >= 0.6 is 0 Å². The Hall–Kier alpha value is -3.56. The normalized spacial score (nSPS) is 15.1. The molecule has 0 aliphatic heterocycles. The molecule has 36 heavy (non-hydrogen) atoms. The Bertz CT molecular complexity index is 878. The Morgan fingerprint density at radius 2 is 1.67 bits per heavy atom. The topological polar surface area (TPSA) is 269 Å². The van der Waals surface area contributed by atoms with Crippen LogP contribution in [0, 0.1) is 0 Å². The van der Waals surface area contributed by atoms with E-state index in [1.807, 2.05) is 0 Å². The number of amides is 4. The number of primary amides is 1. The number of hydrogen-bond donors (Lipinski definition) is 9. The number of carbonyl (C=O) groups excluding carboxylic acids is 4. The smallest absolute Gasteiger partial charge is 0.328 e. The zero-order chi connectivity index (χ0) is 27.3. The van der Waals surface area contributed by atoms with Crippen molar-refractivity contribution in [3.63, 3.8) is 0 Å². The van der Waals surface area contributed by atoms with Gasteiger partial charge in [-0.1, -0.05) is 0 Å². The number of aromatic nitrogens is 2. The largest absolute Gasteiger partial charge is 0.480 e. The van der Waals surface area contributed by atoms with E-state index in [2.05, 4.69) is 25.9 Å². The molecule has 12 N–H and O–H groups in total. The van der Waals surface area contributed by atoms with Gasteiger partial charge in [0.15, 0.2) is 6.04 Å². The molecule has 0 saturated carbocycles. The van der Waals surface area contributed by atoms with E-state index in [1.165, 1.54) is 19.4 Å². The average Bonchev–Trinajstić information content (AvgIpc) is 3.32. The molecular formula is C21H36N8O7. The van der Waals surface area contributed by atoms with Crippen LogP contribution in [-0.4, -0.2) is 86.6 Å². The fourth-order valence-corrected chi connectivity index (χ4v) is 3.21. The Balaban J connectivity index is 3.03. The van der Waals surface area contributed by atoms with Crippen LogP contribution in [0.25, 0.3) is 0 Å². The van der Waals surface area contributed by atoms with Gasteiger partial charge in [-0.25, -0.2) is 9.78 Å². The number of imidazole rings is 1. The number of nitrogens with zero attached hydrogens (tertiary/aromatic N) is 1. The second kappa shape index (κ2) is 15.4. The van der Waals surface area contributed by atoms with Crippen LogP contribution in [0.4, 0.5) is 0 Å². The summed E-state index contributed by atoms with van der Waals surface area (Å²) in [7, 11) is 0. The fourth-order valence-electron chi connectivity index (χ4n) is 3.21. The zero-order valence-electron chi connectivity index (χ0n) is 20.1. The van der Waals surface area contributed by atoms with E-state index in [-0.39, 0.29) is 25.7 Å². The number of hydrogen-bond acceptors (Lipinski definition) is 9. The molecule has 1 aromatic rings. The molecule has 1 heterocycles. The molecule has 15 nitrogen and oxygen atoms in total. The number of nitrogens with one attached hydrogen (secondary N) is 4. The van der Waals surface area contributed by atoms with Gasteiger partial charge in [0.1, 0.15) is 12.1 Å². The highest BCUT2D eigenvalue weighted by Gasteiger charge is 2.32. The predicted octanol–water partition coefficient (Wildman–Crippen LogP) is -3.41. The molecule has 0 spiro atoms. The minimum Gasteiger partial charge on any atom is -0.480 e. The van der Waals surface area contributed by atoms with Gasteiger partial charge in [-0.3, -0.25) is 19.2 Å². The maximum Gasteiger partial charge on any atom is 0.328 e. The van der Waals surface area contributed by atoms with Crippen LogP contribution in [0.5, 0.6) is 0 Å². The third kappa shape index (κ3) is 10.8. The number of aliphatic carboxylic acids is 1. The maximum absolute atomic E-state index is 13.1. The van der Waals surface area contributed by atoms with Gasteiger partial charge in [0.05, 0.1) is 18.5 Å². The third-order valence-corrected chi connectivity index (χ3v) is 5.28. The van der Waals surface area contributed by atoms with E-state index in [0.29, 0.717) is 25.1 Å². The highest BCUT2D eigenvalue weighted by atomic mass is 16.4. The van der Waals surface area contributed by atoms with Gasteiger partial charge in [-0.15, -0.1) is 0 Å². The number of rotatable bonds is 17. The Morgan fingerprint density at radius 1 is 1.03 bits per heavy atom. The van der Waals surface area contributed by atoms with Gasteiger partial charge in [0.2, 0.25) is 23.6 Å². The van der Waals surface area contributed by atoms with Gasteiger partial charge in [0.25, 0.3) is 0 Å². The van der Waals surface area contributed by atoms with Crippen LogP contribution in [0.15, 0.2) is 12.5 Å². The van der Waals surface area contributed by atoms with Gasteiger partial charge in [0, 0.05) is 24.7 Å². The number of aliphatic hydroxyl groups excluding tert-OH is 1. The first kappa shape index (κ1) is 30.5. The van der Waals surface area contributed by atoms with Gasteiger partial charge >= 0.3 is 5.97 Å². The lowest BCUT2D eigenvalue weighted by Gasteiger charge is -2.25. The standard InChI is InChI=1S/C21H36N8O7/c1-11(30)17(21(35)36)29-20(34)15(8-12-9-25-10-26-12)28-19(33)14(4-2-3-7-22)27-18(32)13(23)5-6-16(24)31/h9-11,13-15,17,30H,2-8,22-23H2,1H3,(H2,24,31)(H,25,26)(H,27,32)(H,28,33)(H,29,34)(H,35,36). The number of carboxylic acid groups (broad SMARTS) is 1. The molecule has 4 amide bonds. The van der Waals surface area contributed by atoms with E-state index in [4.69, 9.17) is 17.2 Å². The molecule has 0 aliphatic carbocycles. The summed E-state index contributed by atoms with van der Waals surface area (Å²) >= 11 is 0. The summed E-state index contributed by atoms with van der Waals surface area (Å²) < 4.78 is 0. The monoisotopic (exact) mass is 512 g/mol. The van der Waals surface area contributed by atoms with Crippen molar-refractivity contribution in [3.05, 3.63) is 18.2 Å². The summed E-state index contributed by atoms with van der Waals surface area (Å²) in [5.74, 6) is -4.34. The molecule has 0 radical (unpaired) electrons. The molecular weight excluding hydrogens is 476 g/mol. The number of unbranched alkanes of at least 4 members (excludes halogenated alkanes) is 1.